The zero-order valence-corrected chi connectivity index (χ0v) is 14.6. The minimum Gasteiger partial charge on any atom is -0.370 e. The van der Waals surface area contributed by atoms with Gasteiger partial charge in [0.2, 0.25) is 10.0 Å². The number of rotatable bonds is 6. The number of sulfonamides is 1. The molecule has 2 heterocycles. The van der Waals surface area contributed by atoms with Gasteiger partial charge < -0.3 is 9.88 Å². The topological polar surface area (TPSA) is 102 Å². The normalized spacial score (nSPS) is 20.5. The third-order valence-corrected chi connectivity index (χ3v) is 6.15. The number of hydrogen-bond donors (Lipinski definition) is 2. The minimum atomic E-state index is -3.18. The van der Waals surface area contributed by atoms with E-state index >= 15 is 0 Å². The number of hydrogen-bond acceptors (Lipinski definition) is 5. The van der Waals surface area contributed by atoms with Crippen molar-refractivity contribution < 1.29 is 8.42 Å². The first-order valence-corrected chi connectivity index (χ1v) is 9.69. The van der Waals surface area contributed by atoms with Gasteiger partial charge in [-0.2, -0.15) is 5.26 Å². The summed E-state index contributed by atoms with van der Waals surface area (Å²) in [5.74, 6) is 0.164. The Labute approximate surface area is 141 Å². The number of anilines is 1. The standard InChI is InChI=1S/C16H21N5O2S/c1-3-6-24(22,23)20-12-7-13(8-12)21(2)15-11(9-17)10-19-16-14(15)4-5-18-16/h4-5,10,12-13,20H,3,6-8H2,1-2H3,(H,18,19). The van der Waals surface area contributed by atoms with E-state index in [9.17, 15) is 13.7 Å². The Balaban J connectivity index is 1.75. The molecule has 1 aliphatic rings. The van der Waals surface area contributed by atoms with Gasteiger partial charge in [-0.05, 0) is 25.3 Å². The van der Waals surface area contributed by atoms with Crippen LogP contribution in [0.15, 0.2) is 18.5 Å². The van der Waals surface area contributed by atoms with Gasteiger partial charge in [-0.1, -0.05) is 6.92 Å². The molecule has 0 unspecified atom stereocenters. The molecule has 128 valence electrons. The van der Waals surface area contributed by atoms with Crippen molar-refractivity contribution in [2.45, 2.75) is 38.3 Å². The van der Waals surface area contributed by atoms with E-state index in [1.807, 2.05) is 20.0 Å². The van der Waals surface area contributed by atoms with Gasteiger partial charge >= 0.3 is 0 Å². The summed E-state index contributed by atoms with van der Waals surface area (Å²) >= 11 is 0. The predicted molar refractivity (Wildman–Crippen MR) is 93.2 cm³/mol. The third kappa shape index (κ3) is 3.09. The van der Waals surface area contributed by atoms with Gasteiger partial charge in [0.1, 0.15) is 11.7 Å². The average Bonchev–Trinajstić information content (AvgIpc) is 2.97. The lowest BCUT2D eigenvalue weighted by molar-refractivity contribution is 0.317. The maximum atomic E-state index is 11.8. The molecule has 1 saturated carbocycles. The first-order chi connectivity index (χ1) is 11.4. The second kappa shape index (κ2) is 6.42. The molecule has 1 aliphatic carbocycles. The summed E-state index contributed by atoms with van der Waals surface area (Å²) in [4.78, 5) is 9.37. The lowest BCUT2D eigenvalue weighted by Gasteiger charge is -2.42. The fraction of sp³-hybridized carbons (Fsp3) is 0.500. The van der Waals surface area contributed by atoms with Gasteiger partial charge in [-0.25, -0.2) is 18.1 Å². The van der Waals surface area contributed by atoms with E-state index in [0.29, 0.717) is 12.0 Å². The maximum absolute atomic E-state index is 11.8. The number of fused-ring (bicyclic) bond motifs is 1. The molecule has 2 aromatic rings. The summed E-state index contributed by atoms with van der Waals surface area (Å²) in [5, 5.41) is 10.3. The summed E-state index contributed by atoms with van der Waals surface area (Å²) in [6.07, 6.45) is 5.46. The van der Waals surface area contributed by atoms with Crippen molar-refractivity contribution in [3.05, 3.63) is 24.0 Å². The fourth-order valence-corrected chi connectivity index (χ4v) is 4.58. The van der Waals surface area contributed by atoms with E-state index in [1.54, 1.807) is 12.4 Å². The Bertz CT molecular complexity index is 877. The molecule has 2 aromatic heterocycles. The van der Waals surface area contributed by atoms with Crippen LogP contribution in [-0.2, 0) is 10.0 Å². The van der Waals surface area contributed by atoms with Crippen LogP contribution in [0.4, 0.5) is 5.69 Å². The second-order valence-corrected chi connectivity index (χ2v) is 8.12. The van der Waals surface area contributed by atoms with Crippen molar-refractivity contribution in [2.75, 3.05) is 17.7 Å². The minimum absolute atomic E-state index is 0.0249. The van der Waals surface area contributed by atoms with E-state index < -0.39 is 10.0 Å². The van der Waals surface area contributed by atoms with Gasteiger partial charge in [-0.15, -0.1) is 0 Å². The Morgan fingerprint density at radius 3 is 2.92 bits per heavy atom. The van der Waals surface area contributed by atoms with Crippen molar-refractivity contribution in [2.24, 2.45) is 0 Å². The Morgan fingerprint density at radius 2 is 2.25 bits per heavy atom. The van der Waals surface area contributed by atoms with Crippen molar-refractivity contribution >= 4 is 26.7 Å². The van der Waals surface area contributed by atoms with Crippen LogP contribution in [-0.4, -0.2) is 43.3 Å². The van der Waals surface area contributed by atoms with Crippen LogP contribution in [0.25, 0.3) is 11.0 Å². The van der Waals surface area contributed by atoms with Crippen molar-refractivity contribution in [1.82, 2.24) is 14.7 Å². The molecule has 7 nitrogen and oxygen atoms in total. The van der Waals surface area contributed by atoms with Gasteiger partial charge in [-0.3, -0.25) is 0 Å². The summed E-state index contributed by atoms with van der Waals surface area (Å²) in [5.41, 5.74) is 2.12. The number of nitriles is 1. The molecule has 8 heteroatoms. The van der Waals surface area contributed by atoms with Crippen molar-refractivity contribution in [1.29, 1.82) is 5.26 Å². The van der Waals surface area contributed by atoms with E-state index in [-0.39, 0.29) is 17.8 Å². The summed E-state index contributed by atoms with van der Waals surface area (Å²) in [6.45, 7) is 1.85. The Hall–Kier alpha value is -2.11. The first-order valence-electron chi connectivity index (χ1n) is 8.04. The van der Waals surface area contributed by atoms with Crippen LogP contribution in [0.5, 0.6) is 0 Å². The number of nitrogens with zero attached hydrogens (tertiary/aromatic N) is 3. The number of aromatic amines is 1. The van der Waals surface area contributed by atoms with E-state index in [0.717, 1.165) is 29.6 Å². The highest BCUT2D eigenvalue weighted by Crippen LogP contribution is 2.35. The lowest BCUT2D eigenvalue weighted by Crippen LogP contribution is -2.53. The molecule has 1 fully saturated rings. The first kappa shape index (κ1) is 16.7. The van der Waals surface area contributed by atoms with Gasteiger partial charge in [0.05, 0.1) is 17.0 Å². The van der Waals surface area contributed by atoms with Crippen LogP contribution >= 0.6 is 0 Å². The second-order valence-electron chi connectivity index (χ2n) is 6.24. The number of pyridine rings is 1. The highest BCUT2D eigenvalue weighted by Gasteiger charge is 2.35. The number of nitrogens with one attached hydrogen (secondary N) is 2. The van der Waals surface area contributed by atoms with Gasteiger partial charge in [0, 0.05) is 36.9 Å². The maximum Gasteiger partial charge on any atom is 0.211 e. The quantitative estimate of drug-likeness (QED) is 0.828. The Morgan fingerprint density at radius 1 is 1.50 bits per heavy atom. The third-order valence-electron chi connectivity index (χ3n) is 4.51. The zero-order valence-electron chi connectivity index (χ0n) is 13.8. The van der Waals surface area contributed by atoms with Gasteiger partial charge in [0.25, 0.3) is 0 Å². The summed E-state index contributed by atoms with van der Waals surface area (Å²) in [7, 11) is -1.23. The van der Waals surface area contributed by atoms with Crippen LogP contribution < -0.4 is 9.62 Å². The highest BCUT2D eigenvalue weighted by molar-refractivity contribution is 7.89. The zero-order chi connectivity index (χ0) is 17.3. The molecule has 0 aliphatic heterocycles. The SMILES string of the molecule is CCCS(=O)(=O)NC1CC(N(C)c2c(C#N)cnc3[nH]ccc23)C1. The van der Waals surface area contributed by atoms with E-state index in [4.69, 9.17) is 0 Å². The molecule has 0 amide bonds. The van der Waals surface area contributed by atoms with E-state index in [2.05, 4.69) is 25.7 Å². The predicted octanol–water partition coefficient (Wildman–Crippen LogP) is 1.73. The molecule has 3 rings (SSSR count). The van der Waals surface area contributed by atoms with Crippen LogP contribution in [0.3, 0.4) is 0 Å². The molecular formula is C16H21N5O2S. The molecule has 0 radical (unpaired) electrons. The largest absolute Gasteiger partial charge is 0.370 e. The van der Waals surface area contributed by atoms with Crippen LogP contribution in [0, 0.1) is 11.3 Å². The van der Waals surface area contributed by atoms with E-state index in [1.165, 1.54) is 0 Å². The molecule has 24 heavy (non-hydrogen) atoms. The summed E-state index contributed by atoms with van der Waals surface area (Å²) in [6, 6.07) is 4.29. The van der Waals surface area contributed by atoms with Crippen LogP contribution in [0.1, 0.15) is 31.7 Å². The molecule has 0 spiro atoms. The fourth-order valence-electron chi connectivity index (χ4n) is 3.22. The van der Waals surface area contributed by atoms with Crippen LogP contribution in [0.2, 0.25) is 0 Å². The molecule has 2 N–H and O–H groups in total. The molecule has 0 saturated heterocycles. The molecule has 0 atom stereocenters. The molecular weight excluding hydrogens is 326 g/mol. The molecule has 0 aromatic carbocycles. The Kier molecular flexibility index (Phi) is 4.47. The monoisotopic (exact) mass is 347 g/mol. The van der Waals surface area contributed by atoms with Crippen molar-refractivity contribution in [3.8, 4) is 6.07 Å². The average molecular weight is 347 g/mol. The van der Waals surface area contributed by atoms with Crippen molar-refractivity contribution in [3.63, 3.8) is 0 Å². The smallest absolute Gasteiger partial charge is 0.211 e. The number of aromatic nitrogens is 2. The molecule has 0 bridgehead atoms. The lowest BCUT2D eigenvalue weighted by atomic mass is 9.86. The highest BCUT2D eigenvalue weighted by atomic mass is 32.2. The summed E-state index contributed by atoms with van der Waals surface area (Å²) < 4.78 is 26.4. The number of H-pyrrole nitrogens is 1. The van der Waals surface area contributed by atoms with Gasteiger partial charge in [0.15, 0.2) is 0 Å².